The Labute approximate surface area is 164 Å². The molecule has 2 heterocycles. The van der Waals surface area contributed by atoms with Crippen LogP contribution in [0.4, 0.5) is 5.69 Å². The number of carbonyl (C=O) groups excluding carboxylic acids is 2. The molecule has 6 heteroatoms. The number of likely N-dealkylation sites (tertiary alicyclic amines) is 1. The first-order valence-electron chi connectivity index (χ1n) is 9.76. The van der Waals surface area contributed by atoms with E-state index in [9.17, 15) is 9.59 Å². The molecule has 2 aromatic rings. The van der Waals surface area contributed by atoms with Gasteiger partial charge >= 0.3 is 0 Å². The first-order chi connectivity index (χ1) is 13.7. The highest BCUT2D eigenvalue weighted by atomic mass is 16.6. The molecule has 1 saturated heterocycles. The molecule has 1 atom stereocenters. The standard InChI is InChI=1S/C22H24N2O4/c1-2-21(25)23-17-6-3-5-16(13-17)22(26)24-10-4-7-18(24)15-8-9-19-20(14-15)28-12-11-27-19/h3,5-6,8-9,13-14,18H,2,4,7,10-12H2,1H3,(H,23,25). The molecule has 0 aromatic heterocycles. The zero-order chi connectivity index (χ0) is 19.5. The molecule has 0 saturated carbocycles. The predicted octanol–water partition coefficient (Wildman–Crippen LogP) is 3.78. The Bertz CT molecular complexity index is 896. The second-order valence-electron chi connectivity index (χ2n) is 7.04. The summed E-state index contributed by atoms with van der Waals surface area (Å²) in [6.45, 7) is 3.61. The second kappa shape index (κ2) is 7.92. The Hall–Kier alpha value is -3.02. The van der Waals surface area contributed by atoms with Crippen LogP contribution in [0.3, 0.4) is 0 Å². The smallest absolute Gasteiger partial charge is 0.254 e. The second-order valence-corrected chi connectivity index (χ2v) is 7.04. The molecule has 4 rings (SSSR count). The number of amides is 2. The summed E-state index contributed by atoms with van der Waals surface area (Å²) in [6.07, 6.45) is 2.27. The third-order valence-electron chi connectivity index (χ3n) is 5.18. The zero-order valence-corrected chi connectivity index (χ0v) is 15.9. The minimum Gasteiger partial charge on any atom is -0.486 e. The van der Waals surface area contributed by atoms with Crippen molar-refractivity contribution in [3.8, 4) is 11.5 Å². The number of carbonyl (C=O) groups is 2. The van der Waals surface area contributed by atoms with Gasteiger partial charge in [0, 0.05) is 24.2 Å². The van der Waals surface area contributed by atoms with Gasteiger partial charge in [-0.1, -0.05) is 19.1 Å². The highest BCUT2D eigenvalue weighted by Gasteiger charge is 2.31. The van der Waals surface area contributed by atoms with E-state index in [1.807, 2.05) is 23.1 Å². The van der Waals surface area contributed by atoms with Crippen LogP contribution in [0.15, 0.2) is 42.5 Å². The van der Waals surface area contributed by atoms with E-state index in [1.54, 1.807) is 31.2 Å². The van der Waals surface area contributed by atoms with Gasteiger partial charge in [-0.25, -0.2) is 0 Å². The number of rotatable bonds is 4. The average Bonchev–Trinajstić information content (AvgIpc) is 3.23. The van der Waals surface area contributed by atoms with Gasteiger partial charge in [0.15, 0.2) is 11.5 Å². The molecule has 2 aliphatic rings. The third-order valence-corrected chi connectivity index (χ3v) is 5.18. The SMILES string of the molecule is CCC(=O)Nc1cccc(C(=O)N2CCCC2c2ccc3c(c2)OCCO3)c1. The van der Waals surface area contributed by atoms with Crippen molar-refractivity contribution in [2.75, 3.05) is 25.1 Å². The number of hydrogen-bond acceptors (Lipinski definition) is 4. The lowest BCUT2D eigenvalue weighted by Crippen LogP contribution is -2.30. The summed E-state index contributed by atoms with van der Waals surface area (Å²) in [5, 5.41) is 2.81. The molecule has 1 unspecified atom stereocenters. The van der Waals surface area contributed by atoms with Gasteiger partial charge < -0.3 is 19.7 Å². The average molecular weight is 380 g/mol. The third kappa shape index (κ3) is 3.67. The summed E-state index contributed by atoms with van der Waals surface area (Å²) in [5.74, 6) is 1.41. The quantitative estimate of drug-likeness (QED) is 0.876. The number of fused-ring (bicyclic) bond motifs is 1. The van der Waals surface area contributed by atoms with Crippen LogP contribution in [-0.2, 0) is 4.79 Å². The maximum absolute atomic E-state index is 13.2. The maximum atomic E-state index is 13.2. The normalized spacial score (nSPS) is 18.0. The molecule has 146 valence electrons. The Balaban J connectivity index is 1.56. The Kier molecular flexibility index (Phi) is 5.19. The summed E-state index contributed by atoms with van der Waals surface area (Å²) >= 11 is 0. The largest absolute Gasteiger partial charge is 0.486 e. The maximum Gasteiger partial charge on any atom is 0.254 e. The summed E-state index contributed by atoms with van der Waals surface area (Å²) in [4.78, 5) is 26.7. The Morgan fingerprint density at radius 2 is 1.93 bits per heavy atom. The lowest BCUT2D eigenvalue weighted by Gasteiger charge is -2.27. The molecule has 2 amide bonds. The molecule has 1 N–H and O–H groups in total. The van der Waals surface area contributed by atoms with Gasteiger partial charge in [-0.3, -0.25) is 9.59 Å². The van der Waals surface area contributed by atoms with Crippen LogP contribution in [0.25, 0.3) is 0 Å². The number of nitrogens with zero attached hydrogens (tertiary/aromatic N) is 1. The van der Waals surface area contributed by atoms with Crippen LogP contribution in [0, 0.1) is 0 Å². The van der Waals surface area contributed by atoms with E-state index in [0.717, 1.165) is 29.9 Å². The van der Waals surface area contributed by atoms with E-state index >= 15 is 0 Å². The number of benzene rings is 2. The van der Waals surface area contributed by atoms with Gasteiger partial charge in [-0.05, 0) is 48.7 Å². The lowest BCUT2D eigenvalue weighted by atomic mass is 10.0. The molecular weight excluding hydrogens is 356 g/mol. The van der Waals surface area contributed by atoms with Crippen molar-refractivity contribution in [2.45, 2.75) is 32.2 Å². The van der Waals surface area contributed by atoms with Crippen molar-refractivity contribution in [3.05, 3.63) is 53.6 Å². The summed E-state index contributed by atoms with van der Waals surface area (Å²) in [7, 11) is 0. The molecule has 1 fully saturated rings. The molecule has 0 bridgehead atoms. The monoisotopic (exact) mass is 380 g/mol. The van der Waals surface area contributed by atoms with Crippen molar-refractivity contribution < 1.29 is 19.1 Å². The van der Waals surface area contributed by atoms with E-state index < -0.39 is 0 Å². The van der Waals surface area contributed by atoms with Gasteiger partial charge in [0.05, 0.1) is 6.04 Å². The van der Waals surface area contributed by atoms with E-state index in [1.165, 1.54) is 0 Å². The van der Waals surface area contributed by atoms with Gasteiger partial charge in [0.2, 0.25) is 5.91 Å². The number of anilines is 1. The van der Waals surface area contributed by atoms with Gasteiger partial charge in [0.25, 0.3) is 5.91 Å². The van der Waals surface area contributed by atoms with Crippen molar-refractivity contribution in [1.29, 1.82) is 0 Å². The molecule has 28 heavy (non-hydrogen) atoms. The van der Waals surface area contributed by atoms with E-state index in [2.05, 4.69) is 5.32 Å². The van der Waals surface area contributed by atoms with Crippen molar-refractivity contribution in [3.63, 3.8) is 0 Å². The van der Waals surface area contributed by atoms with E-state index in [-0.39, 0.29) is 17.9 Å². The Morgan fingerprint density at radius 1 is 1.11 bits per heavy atom. The number of hydrogen-bond donors (Lipinski definition) is 1. The topological polar surface area (TPSA) is 67.9 Å². The van der Waals surface area contributed by atoms with Crippen LogP contribution in [0.2, 0.25) is 0 Å². The molecular formula is C22H24N2O4. The molecule has 6 nitrogen and oxygen atoms in total. The van der Waals surface area contributed by atoms with E-state index in [0.29, 0.717) is 37.4 Å². The highest BCUT2D eigenvalue weighted by molar-refractivity contribution is 5.97. The molecule has 0 spiro atoms. The van der Waals surface area contributed by atoms with Gasteiger partial charge in [0.1, 0.15) is 13.2 Å². The minimum absolute atomic E-state index is 0.0113. The van der Waals surface area contributed by atoms with Crippen LogP contribution < -0.4 is 14.8 Å². The molecule has 0 radical (unpaired) electrons. The predicted molar refractivity (Wildman–Crippen MR) is 106 cm³/mol. The summed E-state index contributed by atoms with van der Waals surface area (Å²) in [6, 6.07) is 13.1. The van der Waals surface area contributed by atoms with Gasteiger partial charge in [-0.15, -0.1) is 0 Å². The Morgan fingerprint density at radius 3 is 2.75 bits per heavy atom. The van der Waals surface area contributed by atoms with E-state index in [4.69, 9.17) is 9.47 Å². The lowest BCUT2D eigenvalue weighted by molar-refractivity contribution is -0.115. The van der Waals surface area contributed by atoms with Crippen LogP contribution >= 0.6 is 0 Å². The van der Waals surface area contributed by atoms with Crippen LogP contribution in [0.1, 0.15) is 48.1 Å². The first kappa shape index (κ1) is 18.3. The van der Waals surface area contributed by atoms with Crippen LogP contribution in [-0.4, -0.2) is 36.5 Å². The van der Waals surface area contributed by atoms with Gasteiger partial charge in [-0.2, -0.15) is 0 Å². The molecule has 0 aliphatic carbocycles. The highest BCUT2D eigenvalue weighted by Crippen LogP contribution is 2.38. The number of ether oxygens (including phenoxy) is 2. The van der Waals surface area contributed by atoms with Crippen molar-refractivity contribution in [2.24, 2.45) is 0 Å². The summed E-state index contributed by atoms with van der Waals surface area (Å²) in [5.41, 5.74) is 2.29. The molecule has 2 aromatic carbocycles. The van der Waals surface area contributed by atoms with Crippen molar-refractivity contribution >= 4 is 17.5 Å². The molecule has 2 aliphatic heterocycles. The fraction of sp³-hybridized carbons (Fsp3) is 0.364. The first-order valence-corrected chi connectivity index (χ1v) is 9.76. The van der Waals surface area contributed by atoms with Crippen LogP contribution in [0.5, 0.6) is 11.5 Å². The van der Waals surface area contributed by atoms with Crippen molar-refractivity contribution in [1.82, 2.24) is 4.90 Å². The minimum atomic E-state index is -0.0695. The fourth-order valence-corrected chi connectivity index (χ4v) is 3.77. The summed E-state index contributed by atoms with van der Waals surface area (Å²) < 4.78 is 11.3. The fourth-order valence-electron chi connectivity index (χ4n) is 3.77. The number of nitrogens with one attached hydrogen (secondary N) is 1. The zero-order valence-electron chi connectivity index (χ0n) is 15.9.